The van der Waals surface area contributed by atoms with E-state index in [1.165, 1.54) is 27.3 Å². The Labute approximate surface area is 131 Å². The van der Waals surface area contributed by atoms with Crippen LogP contribution in [-0.4, -0.2) is 4.98 Å². The molecule has 0 saturated carbocycles. The number of halogens is 1. The molecule has 0 atom stereocenters. The molecule has 0 unspecified atom stereocenters. The summed E-state index contributed by atoms with van der Waals surface area (Å²) in [6.07, 6.45) is 1.95. The minimum absolute atomic E-state index is 1.03. The molecular weight excluding hydrogens is 322 g/mol. The van der Waals surface area contributed by atoms with Crippen LogP contribution in [-0.2, 0) is 0 Å². The van der Waals surface area contributed by atoms with Gasteiger partial charge in [-0.2, -0.15) is 0 Å². The fourth-order valence-electron chi connectivity index (χ4n) is 2.81. The van der Waals surface area contributed by atoms with Crippen molar-refractivity contribution in [1.29, 1.82) is 0 Å². The molecular formula is C19H12BrN. The molecule has 0 aliphatic carbocycles. The van der Waals surface area contributed by atoms with Crippen LogP contribution in [0, 0.1) is 0 Å². The zero-order valence-electron chi connectivity index (χ0n) is 11.3. The summed E-state index contributed by atoms with van der Waals surface area (Å²) >= 11 is 3.66. The summed E-state index contributed by atoms with van der Waals surface area (Å²) in [6, 6.07) is 23.0. The molecule has 0 saturated heterocycles. The predicted molar refractivity (Wildman–Crippen MR) is 92.4 cm³/mol. The number of fused-ring (bicyclic) bond motifs is 3. The van der Waals surface area contributed by atoms with Crippen LogP contribution in [0.1, 0.15) is 0 Å². The molecule has 3 aromatic carbocycles. The molecule has 100 valence electrons. The third-order valence-corrected chi connectivity index (χ3v) is 4.47. The largest absolute Gasteiger partial charge is 0.256 e. The van der Waals surface area contributed by atoms with Crippen LogP contribution in [0.5, 0.6) is 0 Å². The first-order valence-corrected chi connectivity index (χ1v) is 7.65. The van der Waals surface area contributed by atoms with E-state index in [9.17, 15) is 0 Å². The lowest BCUT2D eigenvalue weighted by Crippen LogP contribution is -1.87. The van der Waals surface area contributed by atoms with Gasteiger partial charge in [-0.1, -0.05) is 70.5 Å². The standard InChI is InChI=1S/C19H12BrN/c20-17-10-4-3-8-15(17)16-9-5-11-18-19(16)14-7-2-1-6-13(14)12-21-18/h1-12H. The SMILES string of the molecule is Brc1ccccc1-c1cccc2ncc3ccccc3c12. The van der Waals surface area contributed by atoms with E-state index in [-0.39, 0.29) is 0 Å². The molecule has 4 aromatic rings. The number of hydrogen-bond acceptors (Lipinski definition) is 1. The van der Waals surface area contributed by atoms with Crippen molar-refractivity contribution >= 4 is 37.6 Å². The molecule has 0 bridgehead atoms. The highest BCUT2D eigenvalue weighted by atomic mass is 79.9. The molecule has 1 nitrogen and oxygen atoms in total. The highest BCUT2D eigenvalue weighted by Gasteiger charge is 2.10. The van der Waals surface area contributed by atoms with Crippen LogP contribution in [0.25, 0.3) is 32.8 Å². The van der Waals surface area contributed by atoms with Gasteiger partial charge in [0.25, 0.3) is 0 Å². The highest BCUT2D eigenvalue weighted by Crippen LogP contribution is 2.36. The van der Waals surface area contributed by atoms with Crippen molar-refractivity contribution in [2.24, 2.45) is 0 Å². The van der Waals surface area contributed by atoms with Gasteiger partial charge in [0.05, 0.1) is 5.52 Å². The maximum absolute atomic E-state index is 4.61. The second kappa shape index (κ2) is 4.97. The fraction of sp³-hybridized carbons (Fsp3) is 0. The van der Waals surface area contributed by atoms with E-state index in [1.807, 2.05) is 12.3 Å². The van der Waals surface area contributed by atoms with Crippen molar-refractivity contribution in [2.75, 3.05) is 0 Å². The third kappa shape index (κ3) is 2.03. The van der Waals surface area contributed by atoms with Gasteiger partial charge in [-0.3, -0.25) is 4.98 Å². The fourth-order valence-corrected chi connectivity index (χ4v) is 3.31. The lowest BCUT2D eigenvalue weighted by atomic mass is 9.97. The van der Waals surface area contributed by atoms with Crippen LogP contribution in [0.3, 0.4) is 0 Å². The summed E-state index contributed by atoms with van der Waals surface area (Å²) < 4.78 is 1.10. The molecule has 0 fully saturated rings. The molecule has 0 N–H and O–H groups in total. The molecule has 1 aromatic heterocycles. The summed E-state index contributed by atoms with van der Waals surface area (Å²) in [5.41, 5.74) is 3.44. The van der Waals surface area contributed by atoms with Gasteiger partial charge in [0.15, 0.2) is 0 Å². The van der Waals surface area contributed by atoms with Crippen molar-refractivity contribution < 1.29 is 0 Å². The number of hydrogen-bond donors (Lipinski definition) is 0. The molecule has 0 amide bonds. The summed E-state index contributed by atoms with van der Waals surface area (Å²) in [5, 5.41) is 3.63. The number of aromatic nitrogens is 1. The van der Waals surface area contributed by atoms with E-state index in [0.717, 1.165) is 9.99 Å². The number of pyridine rings is 1. The van der Waals surface area contributed by atoms with E-state index in [0.29, 0.717) is 0 Å². The maximum atomic E-state index is 4.61. The Morgan fingerprint density at radius 2 is 1.48 bits per heavy atom. The quantitative estimate of drug-likeness (QED) is 0.400. The summed E-state index contributed by atoms with van der Waals surface area (Å²) in [4.78, 5) is 4.61. The van der Waals surface area contributed by atoms with Crippen molar-refractivity contribution in [3.8, 4) is 11.1 Å². The lowest BCUT2D eigenvalue weighted by molar-refractivity contribution is 1.44. The van der Waals surface area contributed by atoms with Gasteiger partial charge in [0, 0.05) is 21.4 Å². The van der Waals surface area contributed by atoms with Crippen LogP contribution < -0.4 is 0 Å². The van der Waals surface area contributed by atoms with Gasteiger partial charge in [-0.05, 0) is 28.6 Å². The van der Waals surface area contributed by atoms with E-state index in [2.05, 4.69) is 81.6 Å². The Hall–Kier alpha value is -2.19. The monoisotopic (exact) mass is 333 g/mol. The van der Waals surface area contributed by atoms with Crippen LogP contribution >= 0.6 is 15.9 Å². The predicted octanol–water partition coefficient (Wildman–Crippen LogP) is 5.82. The number of nitrogens with zero attached hydrogens (tertiary/aromatic N) is 1. The minimum Gasteiger partial charge on any atom is -0.256 e. The third-order valence-electron chi connectivity index (χ3n) is 3.78. The zero-order chi connectivity index (χ0) is 14.2. The molecule has 0 aliphatic heterocycles. The van der Waals surface area contributed by atoms with Gasteiger partial charge in [0.1, 0.15) is 0 Å². The first kappa shape index (κ1) is 12.5. The lowest BCUT2D eigenvalue weighted by Gasteiger charge is -2.11. The Morgan fingerprint density at radius 3 is 2.38 bits per heavy atom. The second-order valence-electron chi connectivity index (χ2n) is 5.02. The Bertz CT molecular complexity index is 960. The van der Waals surface area contributed by atoms with Gasteiger partial charge in [-0.15, -0.1) is 0 Å². The molecule has 0 aliphatic rings. The van der Waals surface area contributed by atoms with Gasteiger partial charge < -0.3 is 0 Å². The minimum atomic E-state index is 1.03. The number of rotatable bonds is 1. The molecule has 21 heavy (non-hydrogen) atoms. The Kier molecular flexibility index (Phi) is 2.97. The average Bonchev–Trinajstić information content (AvgIpc) is 2.54. The van der Waals surface area contributed by atoms with Crippen LogP contribution in [0.15, 0.2) is 77.4 Å². The normalized spacial score (nSPS) is 11.1. The molecule has 0 radical (unpaired) electrons. The first-order valence-electron chi connectivity index (χ1n) is 6.86. The van der Waals surface area contributed by atoms with Crippen molar-refractivity contribution in [1.82, 2.24) is 4.98 Å². The van der Waals surface area contributed by atoms with Gasteiger partial charge in [0.2, 0.25) is 0 Å². The second-order valence-corrected chi connectivity index (χ2v) is 5.88. The molecule has 0 spiro atoms. The Balaban J connectivity index is 2.19. The van der Waals surface area contributed by atoms with E-state index in [1.54, 1.807) is 0 Å². The van der Waals surface area contributed by atoms with Crippen molar-refractivity contribution in [3.05, 3.63) is 77.4 Å². The van der Waals surface area contributed by atoms with E-state index in [4.69, 9.17) is 0 Å². The zero-order valence-corrected chi connectivity index (χ0v) is 12.8. The first-order chi connectivity index (χ1) is 10.3. The number of benzene rings is 3. The van der Waals surface area contributed by atoms with Crippen molar-refractivity contribution in [2.45, 2.75) is 0 Å². The molecule has 2 heteroatoms. The van der Waals surface area contributed by atoms with Gasteiger partial charge >= 0.3 is 0 Å². The smallest absolute Gasteiger partial charge is 0.0714 e. The van der Waals surface area contributed by atoms with E-state index < -0.39 is 0 Å². The molecule has 1 heterocycles. The highest BCUT2D eigenvalue weighted by molar-refractivity contribution is 9.10. The summed E-state index contributed by atoms with van der Waals surface area (Å²) in [6.45, 7) is 0. The van der Waals surface area contributed by atoms with E-state index >= 15 is 0 Å². The topological polar surface area (TPSA) is 12.9 Å². The van der Waals surface area contributed by atoms with Gasteiger partial charge in [-0.25, -0.2) is 0 Å². The summed E-state index contributed by atoms with van der Waals surface area (Å²) in [5.74, 6) is 0. The average molecular weight is 334 g/mol. The van der Waals surface area contributed by atoms with Crippen molar-refractivity contribution in [3.63, 3.8) is 0 Å². The van der Waals surface area contributed by atoms with Crippen LogP contribution in [0.4, 0.5) is 0 Å². The maximum Gasteiger partial charge on any atom is 0.0714 e. The molecule has 4 rings (SSSR count). The van der Waals surface area contributed by atoms with Crippen LogP contribution in [0.2, 0.25) is 0 Å². The summed E-state index contributed by atoms with van der Waals surface area (Å²) in [7, 11) is 0. The Morgan fingerprint density at radius 1 is 0.714 bits per heavy atom.